The second-order valence-electron chi connectivity index (χ2n) is 4.22. The third-order valence-electron chi connectivity index (χ3n) is 3.04. The zero-order valence-electron chi connectivity index (χ0n) is 11.0. The molecule has 6 nitrogen and oxygen atoms in total. The fourth-order valence-corrected chi connectivity index (χ4v) is 2.32. The van der Waals surface area contributed by atoms with Crippen LogP contribution in [-0.4, -0.2) is 70.4 Å². The molecular weight excluding hydrogens is 228 g/mol. The molecule has 0 saturated carbocycles. The van der Waals surface area contributed by atoms with Crippen LogP contribution in [0.15, 0.2) is 0 Å². The van der Waals surface area contributed by atoms with E-state index in [1.807, 2.05) is 0 Å². The van der Waals surface area contributed by atoms with E-state index in [2.05, 4.69) is 0 Å². The molecule has 102 valence electrons. The first-order chi connectivity index (χ1) is 8.01. The lowest BCUT2D eigenvalue weighted by Crippen LogP contribution is -2.65. The first kappa shape index (κ1) is 14.8. The van der Waals surface area contributed by atoms with Crippen LogP contribution < -0.4 is 0 Å². The Morgan fingerprint density at radius 2 is 1.65 bits per heavy atom. The summed E-state index contributed by atoms with van der Waals surface area (Å²) in [5, 5.41) is 10.2. The Labute approximate surface area is 102 Å². The zero-order chi connectivity index (χ0) is 13.1. The topological polar surface area (TPSA) is 66.4 Å². The van der Waals surface area contributed by atoms with Crippen LogP contribution in [0.5, 0.6) is 0 Å². The first-order valence-corrected chi connectivity index (χ1v) is 5.49. The third-order valence-corrected chi connectivity index (χ3v) is 3.04. The average molecular weight is 250 g/mol. The lowest BCUT2D eigenvalue weighted by atomic mass is 9.93. The predicted octanol–water partition coefficient (Wildman–Crippen LogP) is -0.215. The van der Waals surface area contributed by atoms with Crippen LogP contribution in [0.2, 0.25) is 0 Å². The van der Waals surface area contributed by atoms with Crippen molar-refractivity contribution in [3.05, 3.63) is 0 Å². The van der Waals surface area contributed by atoms with Crippen LogP contribution in [0.4, 0.5) is 0 Å². The van der Waals surface area contributed by atoms with Crippen LogP contribution in [0.3, 0.4) is 0 Å². The average Bonchev–Trinajstić information content (AvgIpc) is 2.27. The summed E-state index contributed by atoms with van der Waals surface area (Å²) in [7, 11) is 6.18. The second-order valence-corrected chi connectivity index (χ2v) is 4.22. The summed E-state index contributed by atoms with van der Waals surface area (Å²) < 4.78 is 26.6. The van der Waals surface area contributed by atoms with Gasteiger partial charge < -0.3 is 28.8 Å². The Hall–Kier alpha value is -0.240. The van der Waals surface area contributed by atoms with Gasteiger partial charge in [-0.3, -0.25) is 0 Å². The predicted molar refractivity (Wildman–Crippen MR) is 59.8 cm³/mol. The molecule has 0 bridgehead atoms. The molecule has 0 aliphatic carbocycles. The Kier molecular flexibility index (Phi) is 5.30. The van der Waals surface area contributed by atoms with Gasteiger partial charge in [0.25, 0.3) is 0 Å². The van der Waals surface area contributed by atoms with Crippen molar-refractivity contribution in [3.63, 3.8) is 0 Å². The molecule has 1 saturated heterocycles. The minimum Gasteiger partial charge on any atom is -0.382 e. The fraction of sp³-hybridized carbons (Fsp3) is 1.00. The molecule has 1 rings (SSSR count). The van der Waals surface area contributed by atoms with Crippen molar-refractivity contribution in [1.29, 1.82) is 0 Å². The van der Waals surface area contributed by atoms with Crippen molar-refractivity contribution in [2.24, 2.45) is 0 Å². The van der Waals surface area contributed by atoms with E-state index >= 15 is 0 Å². The van der Waals surface area contributed by atoms with Crippen LogP contribution in [0.25, 0.3) is 0 Å². The molecule has 0 spiro atoms. The lowest BCUT2D eigenvalue weighted by molar-refractivity contribution is -0.351. The van der Waals surface area contributed by atoms with Gasteiger partial charge in [0.1, 0.15) is 24.4 Å². The van der Waals surface area contributed by atoms with Crippen LogP contribution in [0, 0.1) is 0 Å². The molecule has 0 aromatic carbocycles. The number of ether oxygens (including phenoxy) is 5. The maximum atomic E-state index is 10.2. The maximum Gasteiger partial charge on any atom is 0.192 e. The highest BCUT2D eigenvalue weighted by Gasteiger charge is 2.52. The van der Waals surface area contributed by atoms with Gasteiger partial charge in [-0.15, -0.1) is 0 Å². The normalized spacial score (nSPS) is 42.7. The Morgan fingerprint density at radius 3 is 2.06 bits per heavy atom. The van der Waals surface area contributed by atoms with Gasteiger partial charge in [0.15, 0.2) is 5.79 Å². The number of rotatable bonds is 5. The number of methoxy groups -OCH3 is 4. The summed E-state index contributed by atoms with van der Waals surface area (Å²) in [5.41, 5.74) is 0. The molecule has 0 amide bonds. The van der Waals surface area contributed by atoms with E-state index in [1.54, 1.807) is 28.3 Å². The van der Waals surface area contributed by atoms with Crippen molar-refractivity contribution in [1.82, 2.24) is 0 Å². The molecule has 1 heterocycles. The Bertz CT molecular complexity index is 232. The number of hydrogen-bond acceptors (Lipinski definition) is 6. The van der Waals surface area contributed by atoms with Crippen LogP contribution in [-0.2, 0) is 23.7 Å². The molecule has 6 heteroatoms. The highest BCUT2D eigenvalue weighted by Crippen LogP contribution is 2.32. The van der Waals surface area contributed by atoms with Gasteiger partial charge in [0, 0.05) is 28.4 Å². The molecule has 0 aromatic heterocycles. The summed E-state index contributed by atoms with van der Waals surface area (Å²) >= 11 is 0. The van der Waals surface area contributed by atoms with E-state index in [4.69, 9.17) is 23.7 Å². The van der Waals surface area contributed by atoms with Crippen LogP contribution >= 0.6 is 0 Å². The molecule has 0 aromatic rings. The number of aliphatic hydroxyl groups is 1. The van der Waals surface area contributed by atoms with Gasteiger partial charge in [-0.05, 0) is 6.92 Å². The van der Waals surface area contributed by atoms with Crippen molar-refractivity contribution >= 4 is 0 Å². The standard InChI is InChI=1S/C11H22O6/c1-11(12)10(16-5)9(15-4)8(14-3)7(17-11)6-13-2/h7-10,12H,6H2,1-5H3/t7-,8+,9+,10-,11?/m1/s1. The molecular formula is C11H22O6. The minimum atomic E-state index is -1.44. The summed E-state index contributed by atoms with van der Waals surface area (Å²) in [4.78, 5) is 0. The summed E-state index contributed by atoms with van der Waals surface area (Å²) in [5.74, 6) is -1.44. The summed E-state index contributed by atoms with van der Waals surface area (Å²) in [6.07, 6.45) is -1.80. The molecule has 0 radical (unpaired) electrons. The van der Waals surface area contributed by atoms with E-state index in [0.29, 0.717) is 6.61 Å². The molecule has 1 N–H and O–H groups in total. The zero-order valence-corrected chi connectivity index (χ0v) is 11.0. The molecule has 1 aliphatic rings. The highest BCUT2D eigenvalue weighted by atomic mass is 16.7. The van der Waals surface area contributed by atoms with E-state index in [9.17, 15) is 5.11 Å². The van der Waals surface area contributed by atoms with Gasteiger partial charge in [0.2, 0.25) is 0 Å². The molecule has 1 unspecified atom stereocenters. The van der Waals surface area contributed by atoms with Crippen molar-refractivity contribution in [3.8, 4) is 0 Å². The Balaban J connectivity index is 2.93. The first-order valence-electron chi connectivity index (χ1n) is 5.49. The highest BCUT2D eigenvalue weighted by molar-refractivity contribution is 4.96. The van der Waals surface area contributed by atoms with Gasteiger partial charge >= 0.3 is 0 Å². The number of hydrogen-bond donors (Lipinski definition) is 1. The maximum absolute atomic E-state index is 10.2. The third kappa shape index (κ3) is 2.96. The molecule has 5 atom stereocenters. The van der Waals surface area contributed by atoms with Gasteiger partial charge in [-0.2, -0.15) is 0 Å². The van der Waals surface area contributed by atoms with Gasteiger partial charge in [-0.25, -0.2) is 0 Å². The van der Waals surface area contributed by atoms with E-state index < -0.39 is 24.1 Å². The fourth-order valence-electron chi connectivity index (χ4n) is 2.32. The molecule has 1 aliphatic heterocycles. The molecule has 1 fully saturated rings. The van der Waals surface area contributed by atoms with Gasteiger partial charge in [0.05, 0.1) is 6.61 Å². The summed E-state index contributed by atoms with van der Waals surface area (Å²) in [6, 6.07) is 0. The Morgan fingerprint density at radius 1 is 1.06 bits per heavy atom. The van der Waals surface area contributed by atoms with E-state index in [-0.39, 0.29) is 6.10 Å². The van der Waals surface area contributed by atoms with Crippen molar-refractivity contribution in [2.45, 2.75) is 37.1 Å². The van der Waals surface area contributed by atoms with E-state index in [0.717, 1.165) is 0 Å². The van der Waals surface area contributed by atoms with Gasteiger partial charge in [-0.1, -0.05) is 0 Å². The van der Waals surface area contributed by atoms with Crippen molar-refractivity contribution < 1.29 is 28.8 Å². The molecule has 17 heavy (non-hydrogen) atoms. The van der Waals surface area contributed by atoms with E-state index in [1.165, 1.54) is 7.11 Å². The SMILES string of the molecule is COC[C@H]1OC(C)(O)[C@H](OC)[C@@H](OC)[C@H]1OC. The monoisotopic (exact) mass is 250 g/mol. The lowest BCUT2D eigenvalue weighted by Gasteiger charge is -2.47. The smallest absolute Gasteiger partial charge is 0.192 e. The largest absolute Gasteiger partial charge is 0.382 e. The minimum absolute atomic E-state index is 0.310. The van der Waals surface area contributed by atoms with Crippen LogP contribution in [0.1, 0.15) is 6.92 Å². The summed E-state index contributed by atoms with van der Waals surface area (Å²) in [6.45, 7) is 1.85. The van der Waals surface area contributed by atoms with Crippen molar-refractivity contribution in [2.75, 3.05) is 35.0 Å². The quantitative estimate of drug-likeness (QED) is 0.728. The second kappa shape index (κ2) is 6.08.